The van der Waals surface area contributed by atoms with Crippen molar-refractivity contribution < 1.29 is 14.0 Å². The van der Waals surface area contributed by atoms with Gasteiger partial charge in [-0.1, -0.05) is 0 Å². The number of nitrogens with two attached hydrogens (primary N) is 1. The molecule has 3 aromatic rings. The van der Waals surface area contributed by atoms with Crippen molar-refractivity contribution in [3.8, 4) is 11.9 Å². The van der Waals surface area contributed by atoms with Gasteiger partial charge in [0.05, 0.1) is 29.4 Å². The summed E-state index contributed by atoms with van der Waals surface area (Å²) in [7, 11) is 0. The van der Waals surface area contributed by atoms with E-state index < -0.39 is 17.8 Å². The Labute approximate surface area is 205 Å². The average molecular weight is 488 g/mol. The number of hydrogen-bond donors (Lipinski definition) is 1. The highest BCUT2D eigenvalue weighted by Gasteiger charge is 2.33. The van der Waals surface area contributed by atoms with E-state index in [1.165, 1.54) is 28.2 Å². The van der Waals surface area contributed by atoms with Gasteiger partial charge in [0.1, 0.15) is 5.82 Å². The maximum Gasteiger partial charge on any atom is 0.341 e. The van der Waals surface area contributed by atoms with Gasteiger partial charge in [0.2, 0.25) is 5.95 Å². The molecule has 0 aliphatic carbocycles. The monoisotopic (exact) mass is 488 g/mol. The lowest BCUT2D eigenvalue weighted by Crippen LogP contribution is -2.52. The van der Waals surface area contributed by atoms with Crippen molar-refractivity contribution in [1.82, 2.24) is 29.7 Å². The van der Waals surface area contributed by atoms with Crippen LogP contribution in [0.2, 0.25) is 0 Å². The third kappa shape index (κ3) is 4.43. The zero-order valence-corrected chi connectivity index (χ0v) is 19.0. The summed E-state index contributed by atoms with van der Waals surface area (Å²) >= 11 is 0. The predicted molar refractivity (Wildman–Crippen MR) is 126 cm³/mol. The first-order valence-corrected chi connectivity index (χ1v) is 11.2. The summed E-state index contributed by atoms with van der Waals surface area (Å²) < 4.78 is 15.4. The summed E-state index contributed by atoms with van der Waals surface area (Å²) in [6, 6.07) is 6.91. The average Bonchev–Trinajstić information content (AvgIpc) is 3.59. The first-order chi connectivity index (χ1) is 17.4. The molecular formula is C23H21FN10O2. The summed E-state index contributed by atoms with van der Waals surface area (Å²) in [5.74, 6) is -0.160. The number of nitrogens with zero attached hydrogens (tertiary/aromatic N) is 9. The van der Waals surface area contributed by atoms with E-state index in [1.54, 1.807) is 29.4 Å². The number of hydrogen-bond acceptors (Lipinski definition) is 8. The number of benzene rings is 1. The number of rotatable bonds is 4. The number of aromatic nitrogens is 4. The third-order valence-electron chi connectivity index (χ3n) is 6.02. The Kier molecular flexibility index (Phi) is 5.99. The van der Waals surface area contributed by atoms with Gasteiger partial charge in [0, 0.05) is 57.3 Å². The molecule has 0 spiro atoms. The molecule has 12 nitrogen and oxygen atoms in total. The molecule has 0 radical (unpaired) electrons. The summed E-state index contributed by atoms with van der Waals surface area (Å²) in [5.41, 5.74) is 6.28. The van der Waals surface area contributed by atoms with Crippen LogP contribution < -0.4 is 10.6 Å². The van der Waals surface area contributed by atoms with Crippen LogP contribution in [0.1, 0.15) is 33.9 Å². The molecule has 2 aliphatic rings. The number of piperazine rings is 1. The molecule has 5 rings (SSSR count). The number of urea groups is 1. The SMILES string of the molecule is N#Cc1cc(F)cc(C2CC=NN2C(=O)N2CCN(c3nccc(-n4cc(C(N)=O)cn4)n3)CC2)c1. The second-order valence-corrected chi connectivity index (χ2v) is 8.29. The number of anilines is 1. The van der Waals surface area contributed by atoms with E-state index in [-0.39, 0.29) is 17.2 Å². The van der Waals surface area contributed by atoms with E-state index >= 15 is 0 Å². The fourth-order valence-corrected chi connectivity index (χ4v) is 4.18. The number of carbonyl (C=O) groups is 2. The molecule has 2 aliphatic heterocycles. The van der Waals surface area contributed by atoms with Crippen molar-refractivity contribution in [2.45, 2.75) is 12.5 Å². The number of halogens is 1. The Morgan fingerprint density at radius 3 is 2.69 bits per heavy atom. The number of carbonyl (C=O) groups excluding carboxylic acids is 2. The molecule has 0 saturated carbocycles. The van der Waals surface area contributed by atoms with E-state index in [0.29, 0.717) is 49.9 Å². The number of amides is 3. The van der Waals surface area contributed by atoms with Crippen LogP contribution in [0.25, 0.3) is 5.82 Å². The Morgan fingerprint density at radius 2 is 1.97 bits per heavy atom. The molecule has 13 heteroatoms. The fourth-order valence-electron chi connectivity index (χ4n) is 4.18. The van der Waals surface area contributed by atoms with E-state index in [1.807, 2.05) is 11.0 Å². The van der Waals surface area contributed by atoms with Crippen molar-refractivity contribution in [2.24, 2.45) is 10.8 Å². The molecule has 0 bridgehead atoms. The maximum atomic E-state index is 14.0. The normalized spacial score (nSPS) is 17.3. The van der Waals surface area contributed by atoms with E-state index in [4.69, 9.17) is 11.0 Å². The van der Waals surface area contributed by atoms with Gasteiger partial charge in [-0.05, 0) is 23.8 Å². The topological polar surface area (TPSA) is 150 Å². The van der Waals surface area contributed by atoms with Crippen LogP contribution in [0, 0.1) is 17.1 Å². The van der Waals surface area contributed by atoms with Gasteiger partial charge in [0.15, 0.2) is 5.82 Å². The van der Waals surface area contributed by atoms with Gasteiger partial charge in [-0.3, -0.25) is 4.79 Å². The minimum absolute atomic E-state index is 0.195. The first kappa shape index (κ1) is 22.9. The lowest BCUT2D eigenvalue weighted by atomic mass is 10.0. The van der Waals surface area contributed by atoms with Gasteiger partial charge >= 0.3 is 6.03 Å². The molecule has 182 valence electrons. The summed E-state index contributed by atoms with van der Waals surface area (Å²) in [5, 5.41) is 18.8. The van der Waals surface area contributed by atoms with Crippen molar-refractivity contribution in [3.63, 3.8) is 0 Å². The summed E-state index contributed by atoms with van der Waals surface area (Å²) in [4.78, 5) is 37.1. The molecule has 36 heavy (non-hydrogen) atoms. The van der Waals surface area contributed by atoms with Gasteiger partial charge in [-0.15, -0.1) is 0 Å². The Bertz CT molecular complexity index is 1390. The second kappa shape index (κ2) is 9.41. The van der Waals surface area contributed by atoms with E-state index in [0.717, 1.165) is 6.07 Å². The lowest BCUT2D eigenvalue weighted by Gasteiger charge is -2.37. The zero-order valence-electron chi connectivity index (χ0n) is 19.0. The van der Waals surface area contributed by atoms with Crippen LogP contribution in [0.4, 0.5) is 15.1 Å². The smallest absolute Gasteiger partial charge is 0.341 e. The molecule has 1 unspecified atom stereocenters. The Morgan fingerprint density at radius 1 is 1.17 bits per heavy atom. The van der Waals surface area contributed by atoms with Crippen molar-refractivity contribution in [2.75, 3.05) is 31.1 Å². The highest BCUT2D eigenvalue weighted by Crippen LogP contribution is 2.30. The van der Waals surface area contributed by atoms with Crippen LogP contribution in [-0.2, 0) is 0 Å². The zero-order chi connectivity index (χ0) is 25.2. The maximum absolute atomic E-state index is 14.0. The summed E-state index contributed by atoms with van der Waals surface area (Å²) in [6.07, 6.45) is 6.52. The van der Waals surface area contributed by atoms with Crippen molar-refractivity contribution in [1.29, 1.82) is 5.26 Å². The number of primary amides is 1. The first-order valence-electron chi connectivity index (χ1n) is 11.2. The highest BCUT2D eigenvalue weighted by molar-refractivity contribution is 5.92. The minimum Gasteiger partial charge on any atom is -0.366 e. The molecule has 4 heterocycles. The van der Waals surface area contributed by atoms with E-state index in [9.17, 15) is 14.0 Å². The lowest BCUT2D eigenvalue weighted by molar-refractivity contribution is 0.1000. The van der Waals surface area contributed by atoms with Crippen LogP contribution in [0.15, 0.2) is 48.0 Å². The quantitative estimate of drug-likeness (QED) is 0.584. The summed E-state index contributed by atoms with van der Waals surface area (Å²) in [6.45, 7) is 1.79. The van der Waals surface area contributed by atoms with Crippen LogP contribution in [0.5, 0.6) is 0 Å². The van der Waals surface area contributed by atoms with Crippen molar-refractivity contribution in [3.05, 3.63) is 65.4 Å². The van der Waals surface area contributed by atoms with Gasteiger partial charge < -0.3 is 15.5 Å². The van der Waals surface area contributed by atoms with Gasteiger partial charge in [-0.25, -0.2) is 23.9 Å². The standard InChI is InChI=1S/C23H21FN10O2/c24-18-10-15(12-25)9-16(11-18)19-1-4-28-34(19)23(36)32-7-5-31(6-8-32)22-27-3-2-20(30-22)33-14-17(13-29-33)21(26)35/h2-4,9-11,13-14,19H,1,5-8H2,(H2,26,35). The molecule has 1 aromatic carbocycles. The van der Waals surface area contributed by atoms with Crippen LogP contribution in [-0.4, -0.2) is 74.0 Å². The van der Waals surface area contributed by atoms with Crippen molar-refractivity contribution >= 4 is 24.1 Å². The van der Waals surface area contributed by atoms with Gasteiger partial charge in [0.25, 0.3) is 5.91 Å². The highest BCUT2D eigenvalue weighted by atomic mass is 19.1. The molecule has 1 atom stereocenters. The number of hydrazone groups is 1. The minimum atomic E-state index is -0.580. The van der Waals surface area contributed by atoms with Crippen LogP contribution >= 0.6 is 0 Å². The third-order valence-corrected chi connectivity index (χ3v) is 6.02. The molecule has 2 N–H and O–H groups in total. The molecule has 1 saturated heterocycles. The molecule has 2 aromatic heterocycles. The predicted octanol–water partition coefficient (Wildman–Crippen LogP) is 1.45. The Hall–Kier alpha value is -4.86. The number of nitriles is 1. The van der Waals surface area contributed by atoms with Crippen LogP contribution in [0.3, 0.4) is 0 Å². The molecule has 3 amide bonds. The van der Waals surface area contributed by atoms with Gasteiger partial charge in [-0.2, -0.15) is 20.4 Å². The fraction of sp³-hybridized carbons (Fsp3) is 0.261. The second-order valence-electron chi connectivity index (χ2n) is 8.29. The Balaban J connectivity index is 1.25. The molecular weight excluding hydrogens is 467 g/mol. The van der Waals surface area contributed by atoms with E-state index in [2.05, 4.69) is 20.2 Å². The largest absolute Gasteiger partial charge is 0.366 e. The molecule has 1 fully saturated rings.